The van der Waals surface area contributed by atoms with Gasteiger partial charge >= 0.3 is 0 Å². The van der Waals surface area contributed by atoms with E-state index in [4.69, 9.17) is 0 Å². The Kier molecular flexibility index (Phi) is 4.33. The molecule has 0 saturated carbocycles. The maximum absolute atomic E-state index is 12.7. The van der Waals surface area contributed by atoms with Gasteiger partial charge in [-0.05, 0) is 38.1 Å². The van der Waals surface area contributed by atoms with Crippen LogP contribution in [0, 0.1) is 6.92 Å². The number of aryl methyl sites for hydroxylation is 1. The molecule has 4 rings (SSSR count). The summed E-state index contributed by atoms with van der Waals surface area (Å²) < 4.78 is 0. The molecular formula is C20H18N6O. The van der Waals surface area contributed by atoms with Gasteiger partial charge in [0.1, 0.15) is 5.82 Å². The van der Waals surface area contributed by atoms with Crippen LogP contribution in [-0.4, -0.2) is 30.8 Å². The number of hydrogen-bond acceptors (Lipinski definition) is 5. The van der Waals surface area contributed by atoms with Gasteiger partial charge in [-0.3, -0.25) is 9.78 Å². The summed E-state index contributed by atoms with van der Waals surface area (Å²) in [6.07, 6.45) is 4.93. The second kappa shape index (κ2) is 6.95. The molecule has 7 heteroatoms. The number of imidazole rings is 1. The Balaban J connectivity index is 1.54. The first-order valence-electron chi connectivity index (χ1n) is 8.61. The highest BCUT2D eigenvalue weighted by molar-refractivity contribution is 5.95. The third-order valence-electron chi connectivity index (χ3n) is 4.31. The van der Waals surface area contributed by atoms with Gasteiger partial charge < -0.3 is 10.3 Å². The molecule has 1 atom stereocenters. The first-order valence-corrected chi connectivity index (χ1v) is 8.61. The van der Waals surface area contributed by atoms with Crippen LogP contribution in [0.2, 0.25) is 0 Å². The van der Waals surface area contributed by atoms with Crippen molar-refractivity contribution in [2.45, 2.75) is 19.9 Å². The molecule has 0 bridgehead atoms. The fourth-order valence-electron chi connectivity index (χ4n) is 2.84. The summed E-state index contributed by atoms with van der Waals surface area (Å²) in [4.78, 5) is 33.3. The van der Waals surface area contributed by atoms with Crippen LogP contribution in [0.3, 0.4) is 0 Å². The molecule has 0 radical (unpaired) electrons. The maximum Gasteiger partial charge on any atom is 0.255 e. The summed E-state index contributed by atoms with van der Waals surface area (Å²) in [5.41, 5.74) is 3.66. The summed E-state index contributed by atoms with van der Waals surface area (Å²) >= 11 is 0. The standard InChI is InChI=1S/C20H18N6O/c1-12-15(11-22-19(23-12)14-6-5-9-21-10-14)20(27)24-13(2)18-25-16-7-3-4-8-17(16)26-18/h3-11,13H,1-2H3,(H,24,27)(H,25,26)/t13-/m0/s1. The van der Waals surface area contributed by atoms with Gasteiger partial charge in [0.2, 0.25) is 0 Å². The lowest BCUT2D eigenvalue weighted by atomic mass is 10.2. The van der Waals surface area contributed by atoms with Crippen LogP contribution in [-0.2, 0) is 0 Å². The van der Waals surface area contributed by atoms with Crippen molar-refractivity contribution in [2.24, 2.45) is 0 Å². The van der Waals surface area contributed by atoms with Gasteiger partial charge in [0.05, 0.1) is 28.3 Å². The van der Waals surface area contributed by atoms with E-state index >= 15 is 0 Å². The zero-order valence-electron chi connectivity index (χ0n) is 15.0. The largest absolute Gasteiger partial charge is 0.342 e. The van der Waals surface area contributed by atoms with E-state index < -0.39 is 0 Å². The second-order valence-corrected chi connectivity index (χ2v) is 6.27. The lowest BCUT2D eigenvalue weighted by Crippen LogP contribution is -2.28. The van der Waals surface area contributed by atoms with Crippen LogP contribution in [0.4, 0.5) is 0 Å². The van der Waals surface area contributed by atoms with Crippen LogP contribution < -0.4 is 5.32 Å². The molecule has 2 N–H and O–H groups in total. The first kappa shape index (κ1) is 16.8. The van der Waals surface area contributed by atoms with Crippen molar-refractivity contribution in [3.8, 4) is 11.4 Å². The van der Waals surface area contributed by atoms with Gasteiger partial charge in [0, 0.05) is 24.2 Å². The summed E-state index contributed by atoms with van der Waals surface area (Å²) in [6.45, 7) is 3.68. The Morgan fingerprint density at radius 3 is 2.70 bits per heavy atom. The van der Waals surface area contributed by atoms with Crippen molar-refractivity contribution in [1.82, 2.24) is 30.2 Å². The minimum absolute atomic E-state index is 0.238. The molecule has 4 aromatic rings. The van der Waals surface area contributed by atoms with E-state index in [-0.39, 0.29) is 11.9 Å². The van der Waals surface area contributed by atoms with Gasteiger partial charge in [0.25, 0.3) is 5.91 Å². The number of pyridine rings is 1. The third-order valence-corrected chi connectivity index (χ3v) is 4.31. The second-order valence-electron chi connectivity index (χ2n) is 6.27. The van der Waals surface area contributed by atoms with E-state index in [1.165, 1.54) is 0 Å². The van der Waals surface area contributed by atoms with Crippen LogP contribution in [0.15, 0.2) is 55.0 Å². The number of aromatic nitrogens is 5. The number of carbonyl (C=O) groups excluding carboxylic acids is 1. The molecule has 0 aliphatic rings. The molecule has 0 spiro atoms. The number of rotatable bonds is 4. The fourth-order valence-corrected chi connectivity index (χ4v) is 2.84. The van der Waals surface area contributed by atoms with Crippen molar-refractivity contribution in [2.75, 3.05) is 0 Å². The van der Waals surface area contributed by atoms with Crippen LogP contribution in [0.5, 0.6) is 0 Å². The molecule has 7 nitrogen and oxygen atoms in total. The average molecular weight is 358 g/mol. The molecule has 27 heavy (non-hydrogen) atoms. The molecule has 0 saturated heterocycles. The number of nitrogens with zero attached hydrogens (tertiary/aromatic N) is 4. The number of H-pyrrole nitrogens is 1. The Hall–Kier alpha value is -3.61. The van der Waals surface area contributed by atoms with Crippen molar-refractivity contribution in [3.05, 3.63) is 72.1 Å². The minimum Gasteiger partial charge on any atom is -0.342 e. The molecule has 0 aliphatic carbocycles. The van der Waals surface area contributed by atoms with Crippen LogP contribution >= 0.6 is 0 Å². The van der Waals surface area contributed by atoms with Gasteiger partial charge in [-0.1, -0.05) is 12.1 Å². The highest BCUT2D eigenvalue weighted by Crippen LogP contribution is 2.18. The number of fused-ring (bicyclic) bond motifs is 1. The van der Waals surface area contributed by atoms with Crippen LogP contribution in [0.25, 0.3) is 22.4 Å². The Morgan fingerprint density at radius 1 is 1.11 bits per heavy atom. The van der Waals surface area contributed by atoms with Gasteiger partial charge in [0.15, 0.2) is 5.82 Å². The third kappa shape index (κ3) is 3.39. The molecule has 134 valence electrons. The number of benzene rings is 1. The zero-order chi connectivity index (χ0) is 18.8. The van der Waals surface area contributed by atoms with Crippen molar-refractivity contribution >= 4 is 16.9 Å². The number of amides is 1. The Bertz CT molecular complexity index is 1070. The predicted molar refractivity (Wildman–Crippen MR) is 102 cm³/mol. The maximum atomic E-state index is 12.7. The average Bonchev–Trinajstić information content (AvgIpc) is 3.13. The molecule has 3 aromatic heterocycles. The van der Waals surface area contributed by atoms with Crippen molar-refractivity contribution in [3.63, 3.8) is 0 Å². The summed E-state index contributed by atoms with van der Waals surface area (Å²) in [6, 6.07) is 11.2. The van der Waals surface area contributed by atoms with E-state index in [2.05, 4.69) is 30.2 Å². The van der Waals surface area contributed by atoms with E-state index in [0.717, 1.165) is 16.6 Å². The predicted octanol–water partition coefficient (Wildman–Crippen LogP) is 3.21. The number of aromatic amines is 1. The van der Waals surface area contributed by atoms with Gasteiger partial charge in [-0.2, -0.15) is 0 Å². The van der Waals surface area contributed by atoms with E-state index in [9.17, 15) is 4.79 Å². The molecule has 1 aromatic carbocycles. The molecule has 0 fully saturated rings. The lowest BCUT2D eigenvalue weighted by molar-refractivity contribution is 0.0937. The molecule has 0 unspecified atom stereocenters. The first-order chi connectivity index (χ1) is 13.1. The Labute approximate surface area is 155 Å². The normalized spacial score (nSPS) is 12.1. The number of carbonyl (C=O) groups is 1. The highest BCUT2D eigenvalue weighted by atomic mass is 16.1. The quantitative estimate of drug-likeness (QED) is 0.584. The molecule has 3 heterocycles. The summed E-state index contributed by atoms with van der Waals surface area (Å²) in [5, 5.41) is 2.95. The monoisotopic (exact) mass is 358 g/mol. The number of nitrogens with one attached hydrogen (secondary N) is 2. The van der Waals surface area contributed by atoms with E-state index in [0.29, 0.717) is 22.9 Å². The lowest BCUT2D eigenvalue weighted by Gasteiger charge is -2.12. The summed E-state index contributed by atoms with van der Waals surface area (Å²) in [5.74, 6) is 1.01. The Morgan fingerprint density at radius 2 is 1.96 bits per heavy atom. The highest BCUT2D eigenvalue weighted by Gasteiger charge is 2.17. The number of para-hydroxylation sites is 2. The fraction of sp³-hybridized carbons (Fsp3) is 0.150. The molecule has 0 aliphatic heterocycles. The van der Waals surface area contributed by atoms with Crippen molar-refractivity contribution < 1.29 is 4.79 Å². The number of hydrogen-bond donors (Lipinski definition) is 2. The van der Waals surface area contributed by atoms with Crippen molar-refractivity contribution in [1.29, 1.82) is 0 Å². The zero-order valence-corrected chi connectivity index (χ0v) is 15.0. The van der Waals surface area contributed by atoms with Crippen LogP contribution in [0.1, 0.15) is 34.8 Å². The van der Waals surface area contributed by atoms with E-state index in [1.54, 1.807) is 25.5 Å². The molecular weight excluding hydrogens is 340 g/mol. The SMILES string of the molecule is Cc1nc(-c2cccnc2)ncc1C(=O)N[C@@H](C)c1nc2ccccc2[nH]1. The minimum atomic E-state index is -0.276. The van der Waals surface area contributed by atoms with Gasteiger partial charge in [-0.15, -0.1) is 0 Å². The smallest absolute Gasteiger partial charge is 0.255 e. The summed E-state index contributed by atoms with van der Waals surface area (Å²) in [7, 11) is 0. The van der Waals surface area contributed by atoms with Gasteiger partial charge in [-0.25, -0.2) is 15.0 Å². The van der Waals surface area contributed by atoms with E-state index in [1.807, 2.05) is 43.3 Å². The topological polar surface area (TPSA) is 96.4 Å². The molecule has 1 amide bonds.